The molecule has 1 unspecified atom stereocenters. The van der Waals surface area contributed by atoms with Gasteiger partial charge in [-0.1, -0.05) is 25.5 Å². The monoisotopic (exact) mass is 264 g/mol. The summed E-state index contributed by atoms with van der Waals surface area (Å²) in [6, 6.07) is 7.31. The van der Waals surface area contributed by atoms with Crippen LogP contribution in [-0.2, 0) is 0 Å². The molecule has 0 aliphatic heterocycles. The maximum atomic E-state index is 12.1. The van der Waals surface area contributed by atoms with Gasteiger partial charge in [-0.15, -0.1) is 0 Å². The number of amides is 1. The molecule has 0 aromatic heterocycles. The highest BCUT2D eigenvalue weighted by Gasteiger charge is 2.13. The summed E-state index contributed by atoms with van der Waals surface area (Å²) in [4.78, 5) is 12.1. The lowest BCUT2D eigenvalue weighted by molar-refractivity contribution is 0.0942. The molecule has 106 valence electrons. The van der Waals surface area contributed by atoms with Crippen LogP contribution in [0.15, 0.2) is 24.3 Å². The van der Waals surface area contributed by atoms with Crippen molar-refractivity contribution in [2.24, 2.45) is 11.7 Å². The standard InChI is InChI=1S/C15H24N2O2/c1-3-12(9-10-16)11-17-15(18)13-7-5-6-8-14(13)19-4-2/h5-8,12H,3-4,9-11,16H2,1-2H3,(H,17,18). The summed E-state index contributed by atoms with van der Waals surface area (Å²) in [7, 11) is 0. The van der Waals surface area contributed by atoms with Crippen LogP contribution in [-0.4, -0.2) is 25.6 Å². The molecule has 1 rings (SSSR count). The molecule has 1 aromatic carbocycles. The number of benzene rings is 1. The summed E-state index contributed by atoms with van der Waals surface area (Å²) < 4.78 is 5.46. The number of hydrogen-bond acceptors (Lipinski definition) is 3. The van der Waals surface area contributed by atoms with E-state index in [9.17, 15) is 4.79 Å². The maximum Gasteiger partial charge on any atom is 0.255 e. The van der Waals surface area contributed by atoms with Crippen LogP contribution in [0.25, 0.3) is 0 Å². The maximum absolute atomic E-state index is 12.1. The summed E-state index contributed by atoms with van der Waals surface area (Å²) in [5.74, 6) is 0.988. The van der Waals surface area contributed by atoms with Crippen LogP contribution >= 0.6 is 0 Å². The summed E-state index contributed by atoms with van der Waals surface area (Å²) >= 11 is 0. The van der Waals surface area contributed by atoms with Crippen molar-refractivity contribution in [2.75, 3.05) is 19.7 Å². The minimum atomic E-state index is -0.0838. The topological polar surface area (TPSA) is 64.3 Å². The van der Waals surface area contributed by atoms with Crippen molar-refractivity contribution in [3.8, 4) is 5.75 Å². The van der Waals surface area contributed by atoms with Gasteiger partial charge in [0, 0.05) is 6.54 Å². The van der Waals surface area contributed by atoms with Gasteiger partial charge in [-0.25, -0.2) is 0 Å². The second-order valence-corrected chi connectivity index (χ2v) is 4.49. The van der Waals surface area contributed by atoms with E-state index in [2.05, 4.69) is 12.2 Å². The zero-order valence-electron chi connectivity index (χ0n) is 11.8. The minimum absolute atomic E-state index is 0.0838. The van der Waals surface area contributed by atoms with Crippen LogP contribution in [0.3, 0.4) is 0 Å². The van der Waals surface area contributed by atoms with E-state index in [1.807, 2.05) is 25.1 Å². The fraction of sp³-hybridized carbons (Fsp3) is 0.533. The van der Waals surface area contributed by atoms with Crippen LogP contribution in [0, 0.1) is 5.92 Å². The Labute approximate surface area is 115 Å². The molecule has 0 heterocycles. The average Bonchev–Trinajstić information content (AvgIpc) is 2.44. The second-order valence-electron chi connectivity index (χ2n) is 4.49. The van der Waals surface area contributed by atoms with Crippen molar-refractivity contribution < 1.29 is 9.53 Å². The Morgan fingerprint density at radius 2 is 2.11 bits per heavy atom. The number of para-hydroxylation sites is 1. The second kappa shape index (κ2) is 8.53. The highest BCUT2D eigenvalue weighted by molar-refractivity contribution is 5.96. The van der Waals surface area contributed by atoms with Gasteiger partial charge < -0.3 is 15.8 Å². The molecule has 19 heavy (non-hydrogen) atoms. The lowest BCUT2D eigenvalue weighted by Gasteiger charge is -2.15. The quantitative estimate of drug-likeness (QED) is 0.756. The van der Waals surface area contributed by atoms with Crippen LogP contribution < -0.4 is 15.8 Å². The Morgan fingerprint density at radius 1 is 1.37 bits per heavy atom. The first-order valence-corrected chi connectivity index (χ1v) is 6.93. The van der Waals surface area contributed by atoms with Gasteiger partial charge in [-0.2, -0.15) is 0 Å². The number of carbonyl (C=O) groups is 1. The summed E-state index contributed by atoms with van der Waals surface area (Å²) in [5.41, 5.74) is 6.14. The third kappa shape index (κ3) is 4.91. The molecule has 1 amide bonds. The molecule has 1 aromatic rings. The van der Waals surface area contributed by atoms with Gasteiger partial charge in [0.2, 0.25) is 0 Å². The van der Waals surface area contributed by atoms with Crippen molar-refractivity contribution in [1.29, 1.82) is 0 Å². The molecular weight excluding hydrogens is 240 g/mol. The van der Waals surface area contributed by atoms with Crippen molar-refractivity contribution in [3.05, 3.63) is 29.8 Å². The molecule has 0 fully saturated rings. The first-order valence-electron chi connectivity index (χ1n) is 6.93. The van der Waals surface area contributed by atoms with Crippen LogP contribution in [0.2, 0.25) is 0 Å². The first kappa shape index (κ1) is 15.5. The highest BCUT2D eigenvalue weighted by atomic mass is 16.5. The molecule has 4 heteroatoms. The molecule has 0 aliphatic rings. The van der Waals surface area contributed by atoms with Gasteiger partial charge in [0.15, 0.2) is 0 Å². The molecule has 0 aliphatic carbocycles. The largest absolute Gasteiger partial charge is 0.493 e. The van der Waals surface area contributed by atoms with Crippen LogP contribution in [0.5, 0.6) is 5.75 Å². The molecule has 0 radical (unpaired) electrons. The zero-order valence-corrected chi connectivity index (χ0v) is 11.8. The van der Waals surface area contributed by atoms with Gasteiger partial charge >= 0.3 is 0 Å². The predicted octanol–water partition coefficient (Wildman–Crippen LogP) is 2.19. The first-order chi connectivity index (χ1) is 9.22. The summed E-state index contributed by atoms with van der Waals surface area (Å²) in [5, 5.41) is 2.96. The predicted molar refractivity (Wildman–Crippen MR) is 77.4 cm³/mol. The van der Waals surface area contributed by atoms with E-state index in [-0.39, 0.29) is 5.91 Å². The van der Waals surface area contributed by atoms with Gasteiger partial charge in [-0.3, -0.25) is 4.79 Å². The Hall–Kier alpha value is -1.55. The molecule has 0 saturated carbocycles. The van der Waals surface area contributed by atoms with Gasteiger partial charge in [-0.05, 0) is 37.9 Å². The van der Waals surface area contributed by atoms with Crippen LogP contribution in [0.1, 0.15) is 37.0 Å². The SMILES string of the molecule is CCOc1ccccc1C(=O)NCC(CC)CCN. The van der Waals surface area contributed by atoms with Crippen molar-refractivity contribution in [1.82, 2.24) is 5.32 Å². The third-order valence-corrected chi connectivity index (χ3v) is 3.14. The van der Waals surface area contributed by atoms with Gasteiger partial charge in [0.1, 0.15) is 5.75 Å². The Bertz CT molecular complexity index is 393. The van der Waals surface area contributed by atoms with Crippen LogP contribution in [0.4, 0.5) is 0 Å². The van der Waals surface area contributed by atoms with E-state index < -0.39 is 0 Å². The van der Waals surface area contributed by atoms with Gasteiger partial charge in [0.25, 0.3) is 5.91 Å². The molecule has 1 atom stereocenters. The zero-order chi connectivity index (χ0) is 14.1. The number of nitrogens with two attached hydrogens (primary N) is 1. The number of rotatable bonds is 8. The lowest BCUT2D eigenvalue weighted by atomic mass is 10.0. The van der Waals surface area contributed by atoms with E-state index in [1.165, 1.54) is 0 Å². The molecular formula is C15H24N2O2. The minimum Gasteiger partial charge on any atom is -0.493 e. The van der Waals surface area contributed by atoms with Crippen molar-refractivity contribution in [2.45, 2.75) is 26.7 Å². The Balaban J connectivity index is 2.62. The Kier molecular flexibility index (Phi) is 6.97. The number of ether oxygens (including phenoxy) is 1. The molecule has 0 spiro atoms. The molecule has 0 saturated heterocycles. The van der Waals surface area contributed by atoms with E-state index >= 15 is 0 Å². The molecule has 0 bridgehead atoms. The number of carbonyl (C=O) groups excluding carboxylic acids is 1. The normalized spacial score (nSPS) is 11.9. The lowest BCUT2D eigenvalue weighted by Crippen LogP contribution is -2.30. The summed E-state index contributed by atoms with van der Waals surface area (Å²) in [6.45, 7) is 5.88. The Morgan fingerprint density at radius 3 is 2.74 bits per heavy atom. The van der Waals surface area contributed by atoms with Gasteiger partial charge in [0.05, 0.1) is 12.2 Å². The fourth-order valence-corrected chi connectivity index (χ4v) is 1.95. The van der Waals surface area contributed by atoms with E-state index in [0.717, 1.165) is 12.8 Å². The van der Waals surface area contributed by atoms with E-state index in [4.69, 9.17) is 10.5 Å². The van der Waals surface area contributed by atoms with E-state index in [1.54, 1.807) is 6.07 Å². The summed E-state index contributed by atoms with van der Waals surface area (Å²) in [6.07, 6.45) is 1.95. The van der Waals surface area contributed by atoms with E-state index in [0.29, 0.717) is 36.9 Å². The number of nitrogens with one attached hydrogen (secondary N) is 1. The van der Waals surface area contributed by atoms with Crippen molar-refractivity contribution >= 4 is 5.91 Å². The third-order valence-electron chi connectivity index (χ3n) is 3.14. The molecule has 4 nitrogen and oxygen atoms in total. The smallest absolute Gasteiger partial charge is 0.255 e. The average molecular weight is 264 g/mol. The van der Waals surface area contributed by atoms with Crippen molar-refractivity contribution in [3.63, 3.8) is 0 Å². The fourth-order valence-electron chi connectivity index (χ4n) is 1.95. The number of hydrogen-bond donors (Lipinski definition) is 2. The molecule has 3 N–H and O–H groups in total. The highest BCUT2D eigenvalue weighted by Crippen LogP contribution is 2.18.